The van der Waals surface area contributed by atoms with Crippen LogP contribution >= 0.6 is 0 Å². The highest BCUT2D eigenvalue weighted by atomic mass is 16.5. The van der Waals surface area contributed by atoms with E-state index < -0.39 is 18.7 Å². The molecule has 1 amide bonds. The molecule has 1 aromatic carbocycles. The maximum Gasteiger partial charge on any atom is 0.339 e. The summed E-state index contributed by atoms with van der Waals surface area (Å²) < 4.78 is 30.4. The number of carbonyl (C=O) groups excluding carboxylic acids is 2. The molecular formula is C11H13NO4. The number of carbonyl (C=O) groups is 2. The molecular weight excluding hydrogens is 210 g/mol. The van der Waals surface area contributed by atoms with Gasteiger partial charge >= 0.3 is 5.97 Å². The van der Waals surface area contributed by atoms with Crippen molar-refractivity contribution < 1.29 is 23.2 Å². The van der Waals surface area contributed by atoms with Crippen LogP contribution in [0, 0.1) is 0 Å². The zero-order chi connectivity index (χ0) is 14.6. The molecule has 16 heavy (non-hydrogen) atoms. The van der Waals surface area contributed by atoms with Crippen LogP contribution in [0.1, 0.15) is 21.3 Å². The van der Waals surface area contributed by atoms with E-state index in [-0.39, 0.29) is 11.3 Å². The summed E-state index contributed by atoms with van der Waals surface area (Å²) in [6.45, 7) is -2.81. The standard InChI is InChI=1S/C11H13NO4/c1-7(13)12-10-6-8(15-2)4-5-9(10)11(14)16-3/h4-6H,1-3H3,(H,12,13)/i1D3. The van der Waals surface area contributed by atoms with E-state index in [1.54, 1.807) is 0 Å². The number of nitrogens with one attached hydrogen (secondary N) is 1. The molecule has 0 aromatic heterocycles. The van der Waals surface area contributed by atoms with Gasteiger partial charge in [0.25, 0.3) is 0 Å². The molecule has 0 aliphatic rings. The van der Waals surface area contributed by atoms with Crippen LogP contribution in [-0.4, -0.2) is 26.1 Å². The van der Waals surface area contributed by atoms with Gasteiger partial charge in [-0.1, -0.05) is 0 Å². The molecule has 0 saturated heterocycles. The highest BCUT2D eigenvalue weighted by Crippen LogP contribution is 2.23. The van der Waals surface area contributed by atoms with Gasteiger partial charge in [-0.15, -0.1) is 0 Å². The maximum atomic E-state index is 11.5. The fourth-order valence-corrected chi connectivity index (χ4v) is 1.16. The summed E-state index contributed by atoms with van der Waals surface area (Å²) in [6.07, 6.45) is 0. The van der Waals surface area contributed by atoms with Gasteiger partial charge in [-0.25, -0.2) is 4.79 Å². The molecule has 5 heteroatoms. The van der Waals surface area contributed by atoms with Crippen molar-refractivity contribution in [1.29, 1.82) is 0 Å². The predicted octanol–water partition coefficient (Wildman–Crippen LogP) is 1.44. The second-order valence-corrected chi connectivity index (χ2v) is 2.86. The Balaban J connectivity index is 3.15. The third kappa shape index (κ3) is 2.73. The lowest BCUT2D eigenvalue weighted by Crippen LogP contribution is -2.12. The minimum Gasteiger partial charge on any atom is -0.497 e. The Kier molecular flexibility index (Phi) is 2.63. The summed E-state index contributed by atoms with van der Waals surface area (Å²) in [6, 6.07) is 4.22. The monoisotopic (exact) mass is 226 g/mol. The van der Waals surface area contributed by atoms with Crippen molar-refractivity contribution in [2.45, 2.75) is 6.85 Å². The van der Waals surface area contributed by atoms with Crippen molar-refractivity contribution in [3.63, 3.8) is 0 Å². The highest BCUT2D eigenvalue weighted by Gasteiger charge is 2.13. The van der Waals surface area contributed by atoms with E-state index in [2.05, 4.69) is 10.1 Å². The Hall–Kier alpha value is -2.04. The molecule has 0 spiro atoms. The van der Waals surface area contributed by atoms with Crippen LogP contribution < -0.4 is 10.1 Å². The first-order valence-corrected chi connectivity index (χ1v) is 4.37. The van der Waals surface area contributed by atoms with E-state index in [0.717, 1.165) is 0 Å². The van der Waals surface area contributed by atoms with Crippen LogP contribution in [0.3, 0.4) is 0 Å². The number of methoxy groups -OCH3 is 2. The van der Waals surface area contributed by atoms with Gasteiger partial charge in [0, 0.05) is 17.0 Å². The smallest absolute Gasteiger partial charge is 0.339 e. The van der Waals surface area contributed by atoms with Crippen LogP contribution in [0.5, 0.6) is 5.75 Å². The number of ether oxygens (including phenoxy) is 2. The minimum atomic E-state index is -2.81. The topological polar surface area (TPSA) is 64.6 Å². The number of hydrogen-bond donors (Lipinski definition) is 1. The first kappa shape index (κ1) is 8.15. The largest absolute Gasteiger partial charge is 0.497 e. The molecule has 86 valence electrons. The normalized spacial score (nSPS) is 13.0. The van der Waals surface area contributed by atoms with Gasteiger partial charge in [0.05, 0.1) is 25.5 Å². The molecule has 0 saturated carbocycles. The summed E-state index contributed by atoms with van der Waals surface area (Å²) in [7, 11) is 2.59. The van der Waals surface area contributed by atoms with Crippen LogP contribution in [0.4, 0.5) is 5.69 Å². The molecule has 0 aliphatic carbocycles. The van der Waals surface area contributed by atoms with E-state index >= 15 is 0 Å². The van der Waals surface area contributed by atoms with Gasteiger partial charge in [0.1, 0.15) is 5.75 Å². The Morgan fingerprint density at radius 3 is 2.69 bits per heavy atom. The fourth-order valence-electron chi connectivity index (χ4n) is 1.16. The van der Waals surface area contributed by atoms with Crippen molar-refractivity contribution in [2.75, 3.05) is 19.5 Å². The SMILES string of the molecule is [2H]C([2H])([2H])C(=O)Nc1cc(OC)ccc1C(=O)OC. The predicted molar refractivity (Wildman–Crippen MR) is 58.6 cm³/mol. The highest BCUT2D eigenvalue weighted by molar-refractivity contribution is 6.01. The van der Waals surface area contributed by atoms with Crippen LogP contribution in [-0.2, 0) is 9.53 Å². The molecule has 0 unspecified atom stereocenters. The number of anilines is 1. The lowest BCUT2D eigenvalue weighted by molar-refractivity contribution is -0.114. The van der Waals surface area contributed by atoms with Crippen molar-refractivity contribution in [3.05, 3.63) is 23.8 Å². The van der Waals surface area contributed by atoms with Crippen molar-refractivity contribution in [1.82, 2.24) is 0 Å². The van der Waals surface area contributed by atoms with Gasteiger partial charge in [-0.2, -0.15) is 0 Å². The average molecular weight is 226 g/mol. The minimum absolute atomic E-state index is 0.0207. The van der Waals surface area contributed by atoms with Crippen LogP contribution in [0.2, 0.25) is 0 Å². The molecule has 0 bridgehead atoms. The number of amides is 1. The summed E-state index contributed by atoms with van der Waals surface area (Å²) >= 11 is 0. The second-order valence-electron chi connectivity index (χ2n) is 2.86. The number of benzene rings is 1. The Bertz CT molecular complexity index is 499. The lowest BCUT2D eigenvalue weighted by atomic mass is 10.1. The molecule has 1 aromatic rings. The van der Waals surface area contributed by atoms with Crippen molar-refractivity contribution >= 4 is 17.6 Å². The summed E-state index contributed by atoms with van der Waals surface area (Å²) in [5, 5.41) is 2.16. The van der Waals surface area contributed by atoms with Crippen LogP contribution in [0.15, 0.2) is 18.2 Å². The molecule has 0 heterocycles. The molecule has 0 aliphatic heterocycles. The van der Waals surface area contributed by atoms with Gasteiger partial charge in [0.2, 0.25) is 5.91 Å². The lowest BCUT2D eigenvalue weighted by Gasteiger charge is -2.09. The third-order valence-corrected chi connectivity index (χ3v) is 1.88. The Morgan fingerprint density at radius 1 is 1.38 bits per heavy atom. The number of rotatable bonds is 3. The first-order valence-electron chi connectivity index (χ1n) is 5.87. The molecule has 0 radical (unpaired) electrons. The van der Waals surface area contributed by atoms with Gasteiger partial charge in [-0.3, -0.25) is 4.79 Å². The van der Waals surface area contributed by atoms with E-state index in [0.29, 0.717) is 5.75 Å². The van der Waals surface area contributed by atoms with E-state index in [1.807, 2.05) is 0 Å². The van der Waals surface area contributed by atoms with Crippen molar-refractivity contribution in [2.24, 2.45) is 0 Å². The molecule has 0 atom stereocenters. The summed E-state index contributed by atoms with van der Waals surface area (Å²) in [5.74, 6) is -1.51. The van der Waals surface area contributed by atoms with E-state index in [1.165, 1.54) is 32.4 Å². The van der Waals surface area contributed by atoms with Gasteiger partial charge in [-0.05, 0) is 12.1 Å². The quantitative estimate of drug-likeness (QED) is 0.792. The summed E-state index contributed by atoms with van der Waals surface area (Å²) in [4.78, 5) is 22.9. The zero-order valence-electron chi connectivity index (χ0n) is 11.9. The number of esters is 1. The summed E-state index contributed by atoms with van der Waals surface area (Å²) in [5.41, 5.74) is 0.0632. The van der Waals surface area contributed by atoms with Crippen molar-refractivity contribution in [3.8, 4) is 5.75 Å². The Labute approximate surface area is 97.6 Å². The molecule has 0 fully saturated rings. The molecule has 1 N–H and O–H groups in total. The second kappa shape index (κ2) is 5.16. The molecule has 1 rings (SSSR count). The third-order valence-electron chi connectivity index (χ3n) is 1.88. The van der Waals surface area contributed by atoms with Gasteiger partial charge < -0.3 is 14.8 Å². The van der Waals surface area contributed by atoms with E-state index in [9.17, 15) is 9.59 Å². The first-order chi connectivity index (χ1) is 8.79. The fraction of sp³-hybridized carbons (Fsp3) is 0.273. The maximum absolute atomic E-state index is 11.5. The Morgan fingerprint density at radius 2 is 2.12 bits per heavy atom. The average Bonchev–Trinajstić information content (AvgIpc) is 2.36. The number of hydrogen-bond acceptors (Lipinski definition) is 4. The van der Waals surface area contributed by atoms with Gasteiger partial charge in [0.15, 0.2) is 0 Å². The van der Waals surface area contributed by atoms with E-state index in [4.69, 9.17) is 8.85 Å². The van der Waals surface area contributed by atoms with Crippen LogP contribution in [0.25, 0.3) is 0 Å². The zero-order valence-corrected chi connectivity index (χ0v) is 8.87. The molecule has 5 nitrogen and oxygen atoms in total.